The summed E-state index contributed by atoms with van der Waals surface area (Å²) in [4.78, 5) is 14.2. The fraction of sp³-hybridized carbons (Fsp3) is 0.545. The molecule has 0 amide bonds. The molecule has 2 nitrogen and oxygen atoms in total. The van der Waals surface area contributed by atoms with Crippen LogP contribution in [0.1, 0.15) is 27.9 Å². The quantitative estimate of drug-likeness (QED) is 0.780. The van der Waals surface area contributed by atoms with E-state index in [4.69, 9.17) is 4.74 Å². The first-order valence-corrected chi connectivity index (χ1v) is 6.62. The van der Waals surface area contributed by atoms with Crippen molar-refractivity contribution in [3.63, 3.8) is 0 Å². The highest BCUT2D eigenvalue weighted by molar-refractivity contribution is 9.10. The van der Waals surface area contributed by atoms with Gasteiger partial charge in [0.05, 0.1) is 16.9 Å². The highest BCUT2D eigenvalue weighted by Crippen LogP contribution is 2.33. The molecule has 0 aliphatic carbocycles. The van der Waals surface area contributed by atoms with E-state index in [0.717, 1.165) is 20.6 Å². The van der Waals surface area contributed by atoms with Crippen molar-refractivity contribution >= 4 is 33.0 Å². The van der Waals surface area contributed by atoms with E-state index >= 15 is 0 Å². The number of ketones is 1. The predicted octanol–water partition coefficient (Wildman–Crippen LogP) is 3.43. The number of rotatable bonds is 2. The lowest BCUT2D eigenvalue weighted by Crippen LogP contribution is -2.21. The molecule has 0 aromatic carbocycles. The van der Waals surface area contributed by atoms with E-state index in [1.807, 2.05) is 19.9 Å². The third kappa shape index (κ3) is 2.17. The zero-order valence-electron chi connectivity index (χ0n) is 8.75. The summed E-state index contributed by atoms with van der Waals surface area (Å²) in [6, 6.07) is 2.00. The summed E-state index contributed by atoms with van der Waals surface area (Å²) in [6.45, 7) is 4.70. The molecule has 0 N–H and O–H groups in total. The first kappa shape index (κ1) is 11.3. The molecular weight excluding hydrogens is 276 g/mol. The molecule has 0 bridgehead atoms. The summed E-state index contributed by atoms with van der Waals surface area (Å²) in [6.07, 6.45) is 0.912. The Morgan fingerprint density at radius 1 is 1.67 bits per heavy atom. The van der Waals surface area contributed by atoms with E-state index < -0.39 is 0 Å². The third-order valence-electron chi connectivity index (χ3n) is 2.75. The average Bonchev–Trinajstić information content (AvgIpc) is 2.71. The fourth-order valence-corrected chi connectivity index (χ4v) is 3.74. The summed E-state index contributed by atoms with van der Waals surface area (Å²) in [5.74, 6) is 0.268. The van der Waals surface area contributed by atoms with E-state index in [-0.39, 0.29) is 17.8 Å². The van der Waals surface area contributed by atoms with Crippen LogP contribution in [-0.2, 0) is 4.74 Å². The van der Waals surface area contributed by atoms with Gasteiger partial charge < -0.3 is 4.74 Å². The lowest BCUT2D eigenvalue weighted by molar-refractivity contribution is 0.0767. The van der Waals surface area contributed by atoms with E-state index in [9.17, 15) is 4.79 Å². The van der Waals surface area contributed by atoms with Gasteiger partial charge in [-0.15, -0.1) is 11.3 Å². The SMILES string of the molecule is Cc1cc(Br)c(C(=O)C2CCOC2C)s1. The van der Waals surface area contributed by atoms with Gasteiger partial charge in [-0.1, -0.05) is 0 Å². The lowest BCUT2D eigenvalue weighted by atomic mass is 9.96. The molecule has 2 rings (SSSR count). The number of ether oxygens (including phenoxy) is 1. The standard InChI is InChI=1S/C11H13BrO2S/c1-6-5-9(12)11(15-6)10(13)8-3-4-14-7(8)2/h5,7-8H,3-4H2,1-2H3. The number of carbonyl (C=O) groups excluding carboxylic acids is 1. The molecule has 1 saturated heterocycles. The predicted molar refractivity (Wildman–Crippen MR) is 64.6 cm³/mol. The maximum atomic E-state index is 12.2. The van der Waals surface area contributed by atoms with Crippen molar-refractivity contribution < 1.29 is 9.53 Å². The van der Waals surface area contributed by atoms with Gasteiger partial charge in [0.25, 0.3) is 0 Å². The lowest BCUT2D eigenvalue weighted by Gasteiger charge is -2.11. The summed E-state index contributed by atoms with van der Waals surface area (Å²) >= 11 is 4.99. The van der Waals surface area contributed by atoms with Crippen molar-refractivity contribution in [3.05, 3.63) is 20.3 Å². The monoisotopic (exact) mass is 288 g/mol. The smallest absolute Gasteiger partial charge is 0.179 e. The molecule has 82 valence electrons. The van der Waals surface area contributed by atoms with Gasteiger partial charge in [-0.25, -0.2) is 0 Å². The maximum absolute atomic E-state index is 12.2. The molecule has 4 heteroatoms. The van der Waals surface area contributed by atoms with Crippen molar-refractivity contribution in [1.82, 2.24) is 0 Å². The second kappa shape index (κ2) is 4.36. The minimum atomic E-state index is 0.0411. The first-order valence-electron chi connectivity index (χ1n) is 5.01. The molecule has 2 heterocycles. The van der Waals surface area contributed by atoms with Gasteiger partial charge in [0.1, 0.15) is 0 Å². The summed E-state index contributed by atoms with van der Waals surface area (Å²) in [5.41, 5.74) is 0. The Bertz CT molecular complexity index is 386. The van der Waals surface area contributed by atoms with Gasteiger partial charge in [-0.05, 0) is 42.3 Å². The first-order chi connectivity index (χ1) is 7.09. The number of thiophene rings is 1. The second-order valence-corrected chi connectivity index (χ2v) is 5.98. The van der Waals surface area contributed by atoms with Gasteiger partial charge in [-0.2, -0.15) is 0 Å². The van der Waals surface area contributed by atoms with Crippen LogP contribution in [-0.4, -0.2) is 18.5 Å². The number of carbonyl (C=O) groups is 1. The van der Waals surface area contributed by atoms with Crippen molar-refractivity contribution in [2.45, 2.75) is 26.4 Å². The molecular formula is C11H13BrO2S. The largest absolute Gasteiger partial charge is 0.378 e. The molecule has 1 aliphatic rings. The normalized spacial score (nSPS) is 25.8. The zero-order chi connectivity index (χ0) is 11.0. The Hall–Kier alpha value is -0.190. The Morgan fingerprint density at radius 2 is 2.40 bits per heavy atom. The van der Waals surface area contributed by atoms with Crippen LogP contribution in [0, 0.1) is 12.8 Å². The van der Waals surface area contributed by atoms with E-state index in [2.05, 4.69) is 15.9 Å². The maximum Gasteiger partial charge on any atom is 0.179 e. The van der Waals surface area contributed by atoms with Crippen molar-refractivity contribution in [2.75, 3.05) is 6.61 Å². The van der Waals surface area contributed by atoms with Gasteiger partial charge >= 0.3 is 0 Å². The Kier molecular flexibility index (Phi) is 3.28. The highest BCUT2D eigenvalue weighted by atomic mass is 79.9. The van der Waals surface area contributed by atoms with Crippen LogP contribution < -0.4 is 0 Å². The Balaban J connectivity index is 2.24. The molecule has 1 aromatic heterocycles. The van der Waals surface area contributed by atoms with Crippen LogP contribution in [0.4, 0.5) is 0 Å². The van der Waals surface area contributed by atoms with Gasteiger partial charge in [0, 0.05) is 16.0 Å². The van der Waals surface area contributed by atoms with Gasteiger partial charge in [0.15, 0.2) is 5.78 Å². The van der Waals surface area contributed by atoms with E-state index in [1.54, 1.807) is 11.3 Å². The Labute approximate surface area is 102 Å². The minimum Gasteiger partial charge on any atom is -0.378 e. The van der Waals surface area contributed by atoms with Crippen LogP contribution in [0.15, 0.2) is 10.5 Å². The topological polar surface area (TPSA) is 26.3 Å². The summed E-state index contributed by atoms with van der Waals surface area (Å²) in [7, 11) is 0. The molecule has 0 radical (unpaired) electrons. The number of hydrogen-bond acceptors (Lipinski definition) is 3. The molecule has 1 aromatic rings. The van der Waals surface area contributed by atoms with Crippen molar-refractivity contribution in [3.8, 4) is 0 Å². The van der Waals surface area contributed by atoms with Crippen molar-refractivity contribution in [2.24, 2.45) is 5.92 Å². The molecule has 1 aliphatic heterocycles. The highest BCUT2D eigenvalue weighted by Gasteiger charge is 2.32. The number of halogens is 1. The number of hydrogen-bond donors (Lipinski definition) is 0. The second-order valence-electron chi connectivity index (χ2n) is 3.87. The number of aryl methyl sites for hydroxylation is 1. The summed E-state index contributed by atoms with van der Waals surface area (Å²) in [5, 5.41) is 0. The van der Waals surface area contributed by atoms with E-state index in [0.29, 0.717) is 6.61 Å². The molecule has 0 saturated carbocycles. The van der Waals surface area contributed by atoms with Crippen LogP contribution in [0.5, 0.6) is 0 Å². The third-order valence-corrected chi connectivity index (χ3v) is 4.70. The molecule has 1 fully saturated rings. The number of Topliss-reactive ketones (excluding diaryl/α,β-unsaturated/α-hetero) is 1. The molecule has 2 atom stereocenters. The zero-order valence-corrected chi connectivity index (χ0v) is 11.2. The molecule has 15 heavy (non-hydrogen) atoms. The van der Waals surface area contributed by atoms with Gasteiger partial charge in [-0.3, -0.25) is 4.79 Å². The van der Waals surface area contributed by atoms with Crippen LogP contribution in [0.3, 0.4) is 0 Å². The minimum absolute atomic E-state index is 0.0411. The van der Waals surface area contributed by atoms with Crippen LogP contribution in [0.2, 0.25) is 0 Å². The average molecular weight is 289 g/mol. The van der Waals surface area contributed by atoms with E-state index in [1.165, 1.54) is 0 Å². The van der Waals surface area contributed by atoms with Gasteiger partial charge in [0.2, 0.25) is 0 Å². The van der Waals surface area contributed by atoms with Crippen molar-refractivity contribution in [1.29, 1.82) is 0 Å². The molecule has 0 spiro atoms. The van der Waals surface area contributed by atoms with Crippen LogP contribution >= 0.6 is 27.3 Å². The Morgan fingerprint density at radius 3 is 2.87 bits per heavy atom. The van der Waals surface area contributed by atoms with Crippen LogP contribution in [0.25, 0.3) is 0 Å². The fourth-order valence-electron chi connectivity index (χ4n) is 1.90. The molecule has 2 unspecified atom stereocenters. The summed E-state index contributed by atoms with van der Waals surface area (Å²) < 4.78 is 6.35.